The van der Waals surface area contributed by atoms with E-state index in [1.54, 1.807) is 0 Å². The van der Waals surface area contributed by atoms with Crippen molar-refractivity contribution in [3.8, 4) is 11.1 Å². The van der Waals surface area contributed by atoms with Crippen LogP contribution >= 0.6 is 0 Å². The lowest BCUT2D eigenvalue weighted by Gasteiger charge is -2.08. The standard InChI is InChI=1S/C18H20O2/c1-3-20-18(19)12-11-15-8-6-9-16(13-15)17-10-5-4-7-14(17)2/h4-10,13H,3,11-12H2,1-2H3. The summed E-state index contributed by atoms with van der Waals surface area (Å²) in [4.78, 5) is 11.4. The number of aryl methyl sites for hydroxylation is 2. The van der Waals surface area contributed by atoms with Crippen LogP contribution in [0.15, 0.2) is 48.5 Å². The molecule has 0 saturated heterocycles. The molecule has 0 amide bonds. The van der Waals surface area contributed by atoms with Crippen molar-refractivity contribution >= 4 is 5.97 Å². The first-order valence-corrected chi connectivity index (χ1v) is 7.01. The third kappa shape index (κ3) is 3.70. The van der Waals surface area contributed by atoms with Gasteiger partial charge in [0.15, 0.2) is 0 Å². The topological polar surface area (TPSA) is 26.3 Å². The Hall–Kier alpha value is -2.09. The van der Waals surface area contributed by atoms with Gasteiger partial charge in [-0.15, -0.1) is 0 Å². The van der Waals surface area contributed by atoms with Gasteiger partial charge in [-0.25, -0.2) is 0 Å². The van der Waals surface area contributed by atoms with Crippen LogP contribution in [0.1, 0.15) is 24.5 Å². The minimum Gasteiger partial charge on any atom is -0.466 e. The molecule has 2 rings (SSSR count). The second-order valence-corrected chi connectivity index (χ2v) is 4.82. The Balaban J connectivity index is 2.12. The summed E-state index contributed by atoms with van der Waals surface area (Å²) in [6.07, 6.45) is 1.16. The van der Waals surface area contributed by atoms with Gasteiger partial charge in [0.05, 0.1) is 6.61 Å². The van der Waals surface area contributed by atoms with Crippen molar-refractivity contribution in [3.05, 3.63) is 59.7 Å². The molecule has 0 unspecified atom stereocenters. The summed E-state index contributed by atoms with van der Waals surface area (Å²) in [6.45, 7) is 4.39. The Bertz CT molecular complexity index is 587. The second kappa shape index (κ2) is 6.90. The quantitative estimate of drug-likeness (QED) is 0.761. The van der Waals surface area contributed by atoms with Crippen molar-refractivity contribution in [1.82, 2.24) is 0 Å². The van der Waals surface area contributed by atoms with E-state index in [0.717, 1.165) is 6.42 Å². The third-order valence-electron chi connectivity index (χ3n) is 3.31. The maximum absolute atomic E-state index is 11.4. The monoisotopic (exact) mass is 268 g/mol. The molecule has 0 atom stereocenters. The van der Waals surface area contributed by atoms with E-state index >= 15 is 0 Å². The molecule has 0 aromatic heterocycles. The van der Waals surface area contributed by atoms with Gasteiger partial charge in [-0.05, 0) is 42.5 Å². The molecular weight excluding hydrogens is 248 g/mol. The summed E-state index contributed by atoms with van der Waals surface area (Å²) >= 11 is 0. The van der Waals surface area contributed by atoms with Gasteiger partial charge >= 0.3 is 5.97 Å². The van der Waals surface area contributed by atoms with Crippen molar-refractivity contribution in [2.45, 2.75) is 26.7 Å². The van der Waals surface area contributed by atoms with E-state index in [1.165, 1.54) is 22.3 Å². The van der Waals surface area contributed by atoms with E-state index in [4.69, 9.17) is 4.74 Å². The van der Waals surface area contributed by atoms with Crippen molar-refractivity contribution in [2.24, 2.45) is 0 Å². The number of ether oxygens (including phenoxy) is 1. The molecule has 104 valence electrons. The summed E-state index contributed by atoms with van der Waals surface area (Å²) in [6, 6.07) is 16.7. The highest BCUT2D eigenvalue weighted by atomic mass is 16.5. The first-order valence-electron chi connectivity index (χ1n) is 7.01. The molecule has 0 spiro atoms. The van der Waals surface area contributed by atoms with Crippen LogP contribution in [0.4, 0.5) is 0 Å². The average Bonchev–Trinajstić information content (AvgIpc) is 2.46. The van der Waals surface area contributed by atoms with Gasteiger partial charge in [-0.2, -0.15) is 0 Å². The van der Waals surface area contributed by atoms with Crippen molar-refractivity contribution in [2.75, 3.05) is 6.61 Å². The van der Waals surface area contributed by atoms with Crippen molar-refractivity contribution < 1.29 is 9.53 Å². The number of carbonyl (C=O) groups excluding carboxylic acids is 1. The van der Waals surface area contributed by atoms with Crippen LogP contribution in [0.25, 0.3) is 11.1 Å². The van der Waals surface area contributed by atoms with E-state index in [0.29, 0.717) is 13.0 Å². The van der Waals surface area contributed by atoms with Gasteiger partial charge in [0.2, 0.25) is 0 Å². The van der Waals surface area contributed by atoms with Gasteiger partial charge < -0.3 is 4.74 Å². The summed E-state index contributed by atoms with van der Waals surface area (Å²) in [5.41, 5.74) is 4.86. The number of esters is 1. The minimum atomic E-state index is -0.131. The number of hydrogen-bond acceptors (Lipinski definition) is 2. The molecular formula is C18H20O2. The molecule has 0 fully saturated rings. The normalized spacial score (nSPS) is 10.3. The smallest absolute Gasteiger partial charge is 0.306 e. The van der Waals surface area contributed by atoms with Crippen LogP contribution in [0, 0.1) is 6.92 Å². The van der Waals surface area contributed by atoms with Gasteiger partial charge in [-0.3, -0.25) is 4.79 Å². The lowest BCUT2D eigenvalue weighted by Crippen LogP contribution is -2.05. The molecule has 0 N–H and O–H groups in total. The summed E-state index contributed by atoms with van der Waals surface area (Å²) in [7, 11) is 0. The Morgan fingerprint density at radius 2 is 1.90 bits per heavy atom. The zero-order valence-electron chi connectivity index (χ0n) is 12.1. The predicted octanol–water partition coefficient (Wildman–Crippen LogP) is 4.16. The fourth-order valence-electron chi connectivity index (χ4n) is 2.27. The Labute approximate surface area is 120 Å². The molecule has 0 bridgehead atoms. The molecule has 20 heavy (non-hydrogen) atoms. The Kier molecular flexibility index (Phi) is 4.94. The lowest BCUT2D eigenvalue weighted by molar-refractivity contribution is -0.143. The largest absolute Gasteiger partial charge is 0.466 e. The van der Waals surface area contributed by atoms with Crippen LogP contribution in [-0.2, 0) is 16.0 Å². The van der Waals surface area contributed by atoms with E-state index in [1.807, 2.05) is 25.1 Å². The molecule has 0 aliphatic carbocycles. The van der Waals surface area contributed by atoms with Crippen molar-refractivity contribution in [1.29, 1.82) is 0 Å². The highest BCUT2D eigenvalue weighted by Gasteiger charge is 2.05. The minimum absolute atomic E-state index is 0.131. The Morgan fingerprint density at radius 1 is 1.10 bits per heavy atom. The highest BCUT2D eigenvalue weighted by Crippen LogP contribution is 2.24. The summed E-state index contributed by atoms with van der Waals surface area (Å²) < 4.78 is 4.96. The number of benzene rings is 2. The van der Waals surface area contributed by atoms with Crippen LogP contribution in [-0.4, -0.2) is 12.6 Å². The Morgan fingerprint density at radius 3 is 2.65 bits per heavy atom. The van der Waals surface area contributed by atoms with Crippen LogP contribution in [0.3, 0.4) is 0 Å². The van der Waals surface area contributed by atoms with Gasteiger partial charge in [-0.1, -0.05) is 48.5 Å². The molecule has 0 aliphatic heterocycles. The second-order valence-electron chi connectivity index (χ2n) is 4.82. The van der Waals surface area contributed by atoms with E-state index in [-0.39, 0.29) is 5.97 Å². The van der Waals surface area contributed by atoms with Gasteiger partial charge in [0.25, 0.3) is 0 Å². The van der Waals surface area contributed by atoms with Crippen molar-refractivity contribution in [3.63, 3.8) is 0 Å². The van der Waals surface area contributed by atoms with Crippen LogP contribution < -0.4 is 0 Å². The molecule has 2 nitrogen and oxygen atoms in total. The first kappa shape index (κ1) is 14.3. The van der Waals surface area contributed by atoms with Gasteiger partial charge in [0.1, 0.15) is 0 Å². The SMILES string of the molecule is CCOC(=O)CCc1cccc(-c2ccccc2C)c1. The third-order valence-corrected chi connectivity index (χ3v) is 3.31. The van der Waals surface area contributed by atoms with E-state index in [9.17, 15) is 4.79 Å². The van der Waals surface area contributed by atoms with E-state index in [2.05, 4.69) is 37.3 Å². The van der Waals surface area contributed by atoms with Crippen LogP contribution in [0.5, 0.6) is 0 Å². The summed E-state index contributed by atoms with van der Waals surface area (Å²) in [5, 5.41) is 0. The first-order chi connectivity index (χ1) is 9.70. The fraction of sp³-hybridized carbons (Fsp3) is 0.278. The zero-order valence-corrected chi connectivity index (χ0v) is 12.1. The molecule has 2 aromatic carbocycles. The molecule has 0 heterocycles. The molecule has 2 heteroatoms. The highest BCUT2D eigenvalue weighted by molar-refractivity contribution is 5.70. The maximum Gasteiger partial charge on any atom is 0.306 e. The fourth-order valence-corrected chi connectivity index (χ4v) is 2.27. The maximum atomic E-state index is 11.4. The molecule has 0 radical (unpaired) electrons. The molecule has 0 saturated carbocycles. The predicted molar refractivity (Wildman–Crippen MR) is 81.6 cm³/mol. The number of rotatable bonds is 5. The summed E-state index contributed by atoms with van der Waals surface area (Å²) in [5.74, 6) is -0.131. The van der Waals surface area contributed by atoms with Crippen LogP contribution in [0.2, 0.25) is 0 Å². The molecule has 2 aromatic rings. The van der Waals surface area contributed by atoms with E-state index < -0.39 is 0 Å². The number of carbonyl (C=O) groups is 1. The lowest BCUT2D eigenvalue weighted by atomic mass is 9.98. The average molecular weight is 268 g/mol. The van der Waals surface area contributed by atoms with Gasteiger partial charge in [0, 0.05) is 6.42 Å². The zero-order chi connectivity index (χ0) is 14.4. The molecule has 0 aliphatic rings. The number of hydrogen-bond donors (Lipinski definition) is 0.